The van der Waals surface area contributed by atoms with Gasteiger partial charge in [0.2, 0.25) is 11.8 Å². The summed E-state index contributed by atoms with van der Waals surface area (Å²) in [5.74, 6) is -0.733. The topological polar surface area (TPSA) is 126 Å². The fourth-order valence-electron chi connectivity index (χ4n) is 2.30. The molecule has 2 amide bonds. The Bertz CT molecular complexity index is 903. The molecule has 0 unspecified atom stereocenters. The van der Waals surface area contributed by atoms with Gasteiger partial charge in [0, 0.05) is 24.2 Å². The number of amides is 2. The summed E-state index contributed by atoms with van der Waals surface area (Å²) in [6.45, 7) is 0. The smallest absolute Gasteiger partial charge is 0.271 e. The molecule has 1 heterocycles. The van der Waals surface area contributed by atoms with E-state index in [2.05, 4.69) is 21.2 Å². The van der Waals surface area contributed by atoms with Gasteiger partial charge in [0.25, 0.3) is 5.69 Å². The average Bonchev–Trinajstić information content (AvgIpc) is 3.00. The van der Waals surface area contributed by atoms with Crippen molar-refractivity contribution in [1.29, 1.82) is 0 Å². The van der Waals surface area contributed by atoms with Crippen molar-refractivity contribution in [1.82, 2.24) is 5.32 Å². The highest BCUT2D eigenvalue weighted by Crippen LogP contribution is 2.24. The number of carbonyl (C=O) groups excluding carboxylic acids is 2. The summed E-state index contributed by atoms with van der Waals surface area (Å²) < 4.78 is 0. The van der Waals surface area contributed by atoms with Crippen LogP contribution in [-0.4, -0.2) is 27.2 Å². The number of carbonyl (C=O) groups is 2. The van der Waals surface area contributed by atoms with Crippen LogP contribution in [0.4, 0.5) is 17.1 Å². The molecule has 1 aliphatic rings. The van der Waals surface area contributed by atoms with Crippen LogP contribution in [0.5, 0.6) is 0 Å². The number of nitrogens with zero attached hydrogens (tertiary/aromatic N) is 2. The number of thioether (sulfide) groups is 1. The van der Waals surface area contributed by atoms with Crippen molar-refractivity contribution in [2.45, 2.75) is 11.7 Å². The standard InChI is InChI=1S/C17H15N5O4S/c23-15(18-12-7-4-8-13(9-12)22(25)26)10-14-16(24)19-17(27-14)21-20-11-5-2-1-3-6-11/h1-9,14,20H,10H2,(H,18,23)(H,19,21,24)/t14-/m0/s1. The minimum Gasteiger partial charge on any atom is -0.326 e. The summed E-state index contributed by atoms with van der Waals surface area (Å²) in [4.78, 5) is 34.4. The minimum atomic E-state index is -0.625. The number of anilines is 2. The van der Waals surface area contributed by atoms with Gasteiger partial charge in [-0.1, -0.05) is 36.0 Å². The molecule has 2 aromatic carbocycles. The van der Waals surface area contributed by atoms with Gasteiger partial charge < -0.3 is 10.6 Å². The second kappa shape index (κ2) is 8.32. The lowest BCUT2D eigenvalue weighted by atomic mass is 10.2. The molecule has 9 nitrogen and oxygen atoms in total. The Morgan fingerprint density at radius 1 is 1.19 bits per heavy atom. The van der Waals surface area contributed by atoms with Crippen LogP contribution < -0.4 is 16.1 Å². The van der Waals surface area contributed by atoms with E-state index < -0.39 is 16.1 Å². The zero-order chi connectivity index (χ0) is 19.2. The van der Waals surface area contributed by atoms with E-state index in [4.69, 9.17) is 0 Å². The van der Waals surface area contributed by atoms with E-state index >= 15 is 0 Å². The number of non-ortho nitro benzene ring substituents is 1. The minimum absolute atomic E-state index is 0.0798. The fourth-order valence-corrected chi connectivity index (χ4v) is 3.23. The summed E-state index contributed by atoms with van der Waals surface area (Å²) in [5, 5.41) is 19.8. The Balaban J connectivity index is 1.56. The van der Waals surface area contributed by atoms with Crippen LogP contribution in [0.25, 0.3) is 0 Å². The van der Waals surface area contributed by atoms with Crippen LogP contribution in [-0.2, 0) is 9.59 Å². The van der Waals surface area contributed by atoms with Gasteiger partial charge in [-0.3, -0.25) is 25.1 Å². The summed E-state index contributed by atoms with van der Waals surface area (Å²) in [6.07, 6.45) is -0.0798. The van der Waals surface area contributed by atoms with Crippen LogP contribution in [0.1, 0.15) is 6.42 Å². The second-order valence-corrected chi connectivity index (χ2v) is 6.74. The Morgan fingerprint density at radius 3 is 2.67 bits per heavy atom. The SMILES string of the molecule is O=C(C[C@@H]1S/C(=N/Nc2ccccc2)NC1=O)Nc1cccc([N+](=O)[O-])c1. The van der Waals surface area contributed by atoms with E-state index in [9.17, 15) is 19.7 Å². The molecule has 0 bridgehead atoms. The molecule has 10 heteroatoms. The van der Waals surface area contributed by atoms with E-state index in [1.165, 1.54) is 18.2 Å². The number of nitro groups is 1. The average molecular weight is 385 g/mol. The third-order valence-electron chi connectivity index (χ3n) is 3.55. The lowest BCUT2D eigenvalue weighted by molar-refractivity contribution is -0.384. The number of hydrogen-bond acceptors (Lipinski definition) is 7. The number of rotatable bonds is 6. The van der Waals surface area contributed by atoms with Crippen LogP contribution in [0, 0.1) is 10.1 Å². The number of amidine groups is 1. The molecule has 1 fully saturated rings. The molecule has 0 spiro atoms. The number of hydrazone groups is 1. The van der Waals surface area contributed by atoms with Crippen LogP contribution >= 0.6 is 11.8 Å². The second-order valence-electron chi connectivity index (χ2n) is 5.55. The highest BCUT2D eigenvalue weighted by atomic mass is 32.2. The van der Waals surface area contributed by atoms with Crippen molar-refractivity contribution in [3.8, 4) is 0 Å². The van der Waals surface area contributed by atoms with Crippen molar-refractivity contribution in [3.05, 3.63) is 64.7 Å². The predicted molar refractivity (Wildman–Crippen MR) is 103 cm³/mol. The van der Waals surface area contributed by atoms with Gasteiger partial charge in [0.05, 0.1) is 10.6 Å². The Labute approximate surface area is 158 Å². The molecule has 2 aromatic rings. The Morgan fingerprint density at radius 2 is 1.93 bits per heavy atom. The molecule has 0 aromatic heterocycles. The van der Waals surface area contributed by atoms with Gasteiger partial charge in [-0.05, 0) is 18.2 Å². The number of para-hydroxylation sites is 1. The first-order valence-corrected chi connectivity index (χ1v) is 8.80. The van der Waals surface area contributed by atoms with Gasteiger partial charge in [0.1, 0.15) is 5.25 Å². The normalized spacial score (nSPS) is 17.4. The molecule has 0 radical (unpaired) electrons. The zero-order valence-electron chi connectivity index (χ0n) is 13.9. The first-order chi connectivity index (χ1) is 13.0. The third-order valence-corrected chi connectivity index (χ3v) is 4.63. The molecular formula is C17H15N5O4S. The summed E-state index contributed by atoms with van der Waals surface area (Å²) >= 11 is 1.14. The summed E-state index contributed by atoms with van der Waals surface area (Å²) in [5.41, 5.74) is 3.78. The fraction of sp³-hybridized carbons (Fsp3) is 0.118. The summed E-state index contributed by atoms with van der Waals surface area (Å²) in [7, 11) is 0. The van der Waals surface area contributed by atoms with Gasteiger partial charge in [0.15, 0.2) is 5.17 Å². The predicted octanol–water partition coefficient (Wildman–Crippen LogP) is 2.54. The number of nitro benzene ring substituents is 1. The van der Waals surface area contributed by atoms with E-state index in [1.54, 1.807) is 6.07 Å². The lowest BCUT2D eigenvalue weighted by Crippen LogP contribution is -2.28. The highest BCUT2D eigenvalue weighted by molar-refractivity contribution is 8.15. The Hall–Kier alpha value is -3.40. The maximum Gasteiger partial charge on any atom is 0.271 e. The molecule has 0 aliphatic carbocycles. The molecule has 1 aliphatic heterocycles. The molecule has 1 atom stereocenters. The van der Waals surface area contributed by atoms with Crippen molar-refractivity contribution >= 4 is 45.8 Å². The van der Waals surface area contributed by atoms with Crippen molar-refractivity contribution < 1.29 is 14.5 Å². The van der Waals surface area contributed by atoms with Gasteiger partial charge >= 0.3 is 0 Å². The largest absolute Gasteiger partial charge is 0.326 e. The van der Waals surface area contributed by atoms with Crippen LogP contribution in [0.15, 0.2) is 59.7 Å². The van der Waals surface area contributed by atoms with Crippen LogP contribution in [0.3, 0.4) is 0 Å². The molecule has 3 N–H and O–H groups in total. The number of benzene rings is 2. The van der Waals surface area contributed by atoms with E-state index in [0.29, 0.717) is 10.9 Å². The van der Waals surface area contributed by atoms with E-state index in [-0.39, 0.29) is 18.0 Å². The molecule has 27 heavy (non-hydrogen) atoms. The first kappa shape index (κ1) is 18.4. The van der Waals surface area contributed by atoms with Gasteiger partial charge in [-0.15, -0.1) is 5.10 Å². The highest BCUT2D eigenvalue weighted by Gasteiger charge is 2.32. The van der Waals surface area contributed by atoms with Crippen molar-refractivity contribution in [3.63, 3.8) is 0 Å². The maximum absolute atomic E-state index is 12.2. The molecule has 138 valence electrons. The maximum atomic E-state index is 12.2. The monoisotopic (exact) mass is 385 g/mol. The lowest BCUT2D eigenvalue weighted by Gasteiger charge is -2.07. The quantitative estimate of drug-likeness (QED) is 0.518. The van der Waals surface area contributed by atoms with Gasteiger partial charge in [-0.2, -0.15) is 0 Å². The molecule has 3 rings (SSSR count). The number of nitrogens with one attached hydrogen (secondary N) is 3. The van der Waals surface area contributed by atoms with Gasteiger partial charge in [-0.25, -0.2) is 0 Å². The molecular weight excluding hydrogens is 370 g/mol. The van der Waals surface area contributed by atoms with E-state index in [0.717, 1.165) is 17.4 Å². The van der Waals surface area contributed by atoms with Crippen molar-refractivity contribution in [2.75, 3.05) is 10.7 Å². The number of hydrogen-bond donors (Lipinski definition) is 3. The van der Waals surface area contributed by atoms with Crippen molar-refractivity contribution in [2.24, 2.45) is 5.10 Å². The third kappa shape index (κ3) is 5.05. The first-order valence-electron chi connectivity index (χ1n) is 7.92. The summed E-state index contributed by atoms with van der Waals surface area (Å²) in [6, 6.07) is 14.8. The molecule has 0 saturated carbocycles. The molecule has 1 saturated heterocycles. The zero-order valence-corrected chi connectivity index (χ0v) is 14.7. The van der Waals surface area contributed by atoms with E-state index in [1.807, 2.05) is 30.3 Å². The Kier molecular flexibility index (Phi) is 5.67. The van der Waals surface area contributed by atoms with Crippen LogP contribution in [0.2, 0.25) is 0 Å².